The van der Waals surface area contributed by atoms with Crippen LogP contribution in [0.1, 0.15) is 46.7 Å². The maximum absolute atomic E-state index is 6.07. The quantitative estimate of drug-likeness (QED) is 0.828. The standard InChI is InChI=1S/C16H22N2S/c1-11-8-9-12(2)18(11)16-14(10-17)13-6-4-3-5-7-15(13)19-16/h8-9H,3-7,10,17H2,1-2H3. The SMILES string of the molecule is Cc1ccc(C)n1-c1sc2c(c1CN)CCCCC2. The molecule has 1 aliphatic rings. The molecule has 2 aromatic rings. The summed E-state index contributed by atoms with van der Waals surface area (Å²) in [6.07, 6.45) is 6.48. The summed E-state index contributed by atoms with van der Waals surface area (Å²) >= 11 is 1.97. The van der Waals surface area contributed by atoms with E-state index in [2.05, 4.69) is 30.5 Å². The normalized spacial score (nSPS) is 15.3. The van der Waals surface area contributed by atoms with Gasteiger partial charge in [0, 0.05) is 28.4 Å². The van der Waals surface area contributed by atoms with Gasteiger partial charge in [-0.25, -0.2) is 0 Å². The van der Waals surface area contributed by atoms with Gasteiger partial charge in [-0.15, -0.1) is 11.3 Å². The average Bonchev–Trinajstić information content (AvgIpc) is 2.80. The monoisotopic (exact) mass is 274 g/mol. The van der Waals surface area contributed by atoms with E-state index >= 15 is 0 Å². The van der Waals surface area contributed by atoms with Crippen molar-refractivity contribution in [3.8, 4) is 5.00 Å². The van der Waals surface area contributed by atoms with E-state index in [0.717, 1.165) is 0 Å². The molecule has 0 fully saturated rings. The zero-order valence-corrected chi connectivity index (χ0v) is 12.6. The van der Waals surface area contributed by atoms with Gasteiger partial charge < -0.3 is 10.3 Å². The summed E-state index contributed by atoms with van der Waals surface area (Å²) in [5.74, 6) is 0. The van der Waals surface area contributed by atoms with Gasteiger partial charge in [-0.2, -0.15) is 0 Å². The molecule has 2 N–H and O–H groups in total. The van der Waals surface area contributed by atoms with Crippen LogP contribution in [0.4, 0.5) is 0 Å². The van der Waals surface area contributed by atoms with Gasteiger partial charge in [0.2, 0.25) is 0 Å². The predicted octanol–water partition coefficient (Wildman–Crippen LogP) is 3.88. The number of nitrogens with zero attached hydrogens (tertiary/aromatic N) is 1. The highest BCUT2D eigenvalue weighted by Crippen LogP contribution is 2.37. The molecule has 2 heterocycles. The van der Waals surface area contributed by atoms with Gasteiger partial charge in [0.15, 0.2) is 0 Å². The van der Waals surface area contributed by atoms with E-state index in [9.17, 15) is 0 Å². The molecular weight excluding hydrogens is 252 g/mol. The number of hydrogen-bond donors (Lipinski definition) is 1. The molecule has 102 valence electrons. The summed E-state index contributed by atoms with van der Waals surface area (Å²) in [4.78, 5) is 1.58. The van der Waals surface area contributed by atoms with E-state index in [-0.39, 0.29) is 0 Å². The number of aromatic nitrogens is 1. The molecule has 0 saturated heterocycles. The summed E-state index contributed by atoms with van der Waals surface area (Å²) in [6.45, 7) is 5.02. The molecule has 0 radical (unpaired) electrons. The van der Waals surface area contributed by atoms with Crippen molar-refractivity contribution >= 4 is 11.3 Å². The predicted molar refractivity (Wildman–Crippen MR) is 82.3 cm³/mol. The first-order valence-electron chi connectivity index (χ1n) is 7.21. The first kappa shape index (κ1) is 12.9. The Kier molecular flexibility index (Phi) is 3.50. The van der Waals surface area contributed by atoms with Crippen LogP contribution in [0.5, 0.6) is 0 Å². The molecule has 0 spiro atoms. The van der Waals surface area contributed by atoms with Crippen LogP contribution < -0.4 is 5.73 Å². The molecule has 0 aliphatic heterocycles. The first-order chi connectivity index (χ1) is 9.22. The van der Waals surface area contributed by atoms with Gasteiger partial charge in [0.1, 0.15) is 5.00 Å². The molecule has 1 aliphatic carbocycles. The van der Waals surface area contributed by atoms with Gasteiger partial charge in [-0.3, -0.25) is 0 Å². The van der Waals surface area contributed by atoms with E-state index in [1.54, 1.807) is 10.4 Å². The van der Waals surface area contributed by atoms with E-state index in [1.165, 1.54) is 54.1 Å². The smallest absolute Gasteiger partial charge is 0.104 e. The summed E-state index contributed by atoms with van der Waals surface area (Å²) in [5, 5.41) is 1.37. The largest absolute Gasteiger partial charge is 0.326 e. The maximum atomic E-state index is 6.07. The van der Waals surface area contributed by atoms with Crippen LogP contribution in [0.3, 0.4) is 0 Å². The molecule has 2 aromatic heterocycles. The maximum Gasteiger partial charge on any atom is 0.104 e. The van der Waals surface area contributed by atoms with Gasteiger partial charge in [-0.05, 0) is 57.2 Å². The van der Waals surface area contributed by atoms with Crippen LogP contribution in [-0.2, 0) is 19.4 Å². The number of nitrogens with two attached hydrogens (primary N) is 1. The molecule has 0 atom stereocenters. The Hall–Kier alpha value is -1.06. The van der Waals surface area contributed by atoms with Crippen molar-refractivity contribution in [1.29, 1.82) is 0 Å². The molecule has 19 heavy (non-hydrogen) atoms. The zero-order valence-electron chi connectivity index (χ0n) is 11.8. The van der Waals surface area contributed by atoms with Crippen molar-refractivity contribution in [1.82, 2.24) is 4.57 Å². The second-order valence-corrected chi connectivity index (χ2v) is 6.59. The van der Waals surface area contributed by atoms with Crippen LogP contribution in [0.15, 0.2) is 12.1 Å². The lowest BCUT2D eigenvalue weighted by atomic mass is 10.1. The van der Waals surface area contributed by atoms with Crippen molar-refractivity contribution in [2.45, 2.75) is 52.5 Å². The number of thiophene rings is 1. The van der Waals surface area contributed by atoms with Crippen molar-refractivity contribution in [2.24, 2.45) is 5.73 Å². The Morgan fingerprint density at radius 3 is 2.47 bits per heavy atom. The third-order valence-corrected chi connectivity index (χ3v) is 5.51. The van der Waals surface area contributed by atoms with Crippen LogP contribution in [0.25, 0.3) is 5.00 Å². The average molecular weight is 274 g/mol. The van der Waals surface area contributed by atoms with Crippen LogP contribution in [-0.4, -0.2) is 4.57 Å². The summed E-state index contributed by atoms with van der Waals surface area (Å²) in [5.41, 5.74) is 11.6. The second-order valence-electron chi connectivity index (χ2n) is 5.50. The number of rotatable bonds is 2. The van der Waals surface area contributed by atoms with Crippen LogP contribution in [0, 0.1) is 13.8 Å². The topological polar surface area (TPSA) is 30.9 Å². The van der Waals surface area contributed by atoms with Gasteiger partial charge >= 0.3 is 0 Å². The fourth-order valence-electron chi connectivity index (χ4n) is 3.17. The van der Waals surface area contributed by atoms with Crippen LogP contribution in [0.2, 0.25) is 0 Å². The molecule has 0 saturated carbocycles. The van der Waals surface area contributed by atoms with Crippen LogP contribution >= 0.6 is 11.3 Å². The van der Waals surface area contributed by atoms with Crippen molar-refractivity contribution in [3.05, 3.63) is 39.5 Å². The van der Waals surface area contributed by atoms with E-state index in [4.69, 9.17) is 5.73 Å². The second kappa shape index (κ2) is 5.14. The Balaban J connectivity index is 2.17. The molecular formula is C16H22N2S. The zero-order chi connectivity index (χ0) is 13.4. The highest BCUT2D eigenvalue weighted by Gasteiger charge is 2.20. The molecule has 3 rings (SSSR count). The molecule has 3 heteroatoms. The van der Waals surface area contributed by atoms with Crippen molar-refractivity contribution < 1.29 is 0 Å². The van der Waals surface area contributed by atoms with Gasteiger partial charge in [0.25, 0.3) is 0 Å². The fraction of sp³-hybridized carbons (Fsp3) is 0.500. The molecule has 0 bridgehead atoms. The van der Waals surface area contributed by atoms with Crippen molar-refractivity contribution in [3.63, 3.8) is 0 Å². The fourth-order valence-corrected chi connectivity index (χ4v) is 4.71. The summed E-state index contributed by atoms with van der Waals surface area (Å²) in [6, 6.07) is 4.39. The van der Waals surface area contributed by atoms with E-state index in [0.29, 0.717) is 6.54 Å². The lowest BCUT2D eigenvalue weighted by molar-refractivity contribution is 0.710. The summed E-state index contributed by atoms with van der Waals surface area (Å²) in [7, 11) is 0. The third-order valence-electron chi connectivity index (χ3n) is 4.19. The molecule has 2 nitrogen and oxygen atoms in total. The minimum absolute atomic E-state index is 0.665. The van der Waals surface area contributed by atoms with E-state index in [1.807, 2.05) is 11.3 Å². The number of hydrogen-bond acceptors (Lipinski definition) is 2. The number of fused-ring (bicyclic) bond motifs is 1. The number of aryl methyl sites for hydroxylation is 3. The van der Waals surface area contributed by atoms with Gasteiger partial charge in [-0.1, -0.05) is 6.42 Å². The summed E-state index contributed by atoms with van der Waals surface area (Å²) < 4.78 is 2.38. The minimum atomic E-state index is 0.665. The molecule has 0 aromatic carbocycles. The molecule has 0 amide bonds. The Labute approximate surface area is 119 Å². The highest BCUT2D eigenvalue weighted by molar-refractivity contribution is 7.15. The van der Waals surface area contributed by atoms with E-state index < -0.39 is 0 Å². The Bertz CT molecular complexity index is 573. The minimum Gasteiger partial charge on any atom is -0.326 e. The first-order valence-corrected chi connectivity index (χ1v) is 8.03. The lowest BCUT2D eigenvalue weighted by Gasteiger charge is -2.10. The molecule has 0 unspecified atom stereocenters. The Morgan fingerprint density at radius 1 is 1.11 bits per heavy atom. The van der Waals surface area contributed by atoms with Gasteiger partial charge in [0.05, 0.1) is 0 Å². The Morgan fingerprint density at radius 2 is 1.79 bits per heavy atom. The highest BCUT2D eigenvalue weighted by atomic mass is 32.1. The van der Waals surface area contributed by atoms with Crippen molar-refractivity contribution in [2.75, 3.05) is 0 Å². The lowest BCUT2D eigenvalue weighted by Crippen LogP contribution is -2.06. The third kappa shape index (κ3) is 2.15.